The Bertz CT molecular complexity index is 212. The molecular weight excluding hydrogens is 180 g/mol. The molecule has 0 bridgehead atoms. The predicted molar refractivity (Wildman–Crippen MR) is 55.4 cm³/mol. The molecule has 0 spiro atoms. The van der Waals surface area contributed by atoms with Crippen molar-refractivity contribution < 1.29 is 9.90 Å². The summed E-state index contributed by atoms with van der Waals surface area (Å²) in [7, 11) is 2.07. The molecule has 1 aliphatic heterocycles. The molecule has 0 aromatic carbocycles. The summed E-state index contributed by atoms with van der Waals surface area (Å²) in [5, 5.41) is 9.20. The van der Waals surface area contributed by atoms with Crippen LogP contribution in [0.4, 0.5) is 0 Å². The highest BCUT2D eigenvalue weighted by Crippen LogP contribution is 2.21. The van der Waals surface area contributed by atoms with Gasteiger partial charge < -0.3 is 10.0 Å². The molecule has 4 heteroatoms. The first-order valence-corrected chi connectivity index (χ1v) is 5.17. The van der Waals surface area contributed by atoms with E-state index in [1.165, 1.54) is 0 Å². The minimum atomic E-state index is -0.704. The molecule has 1 N–H and O–H groups in total. The van der Waals surface area contributed by atoms with E-state index in [2.05, 4.69) is 16.8 Å². The van der Waals surface area contributed by atoms with Crippen molar-refractivity contribution in [2.75, 3.05) is 33.2 Å². The summed E-state index contributed by atoms with van der Waals surface area (Å²) in [5.41, 5.74) is -0.679. The van der Waals surface area contributed by atoms with Crippen molar-refractivity contribution in [3.8, 4) is 0 Å². The van der Waals surface area contributed by atoms with Crippen LogP contribution in [0.3, 0.4) is 0 Å². The van der Waals surface area contributed by atoms with Crippen LogP contribution in [0, 0.1) is 0 Å². The van der Waals surface area contributed by atoms with E-state index in [0.717, 1.165) is 26.2 Å². The molecule has 0 aliphatic carbocycles. The average molecular weight is 200 g/mol. The summed E-state index contributed by atoms with van der Waals surface area (Å²) in [4.78, 5) is 15.5. The molecule has 1 rings (SSSR count). The average Bonchev–Trinajstić information content (AvgIpc) is 2.17. The molecule has 1 fully saturated rings. The van der Waals surface area contributed by atoms with Crippen molar-refractivity contribution in [1.82, 2.24) is 9.80 Å². The number of nitrogens with zero attached hydrogens (tertiary/aromatic N) is 2. The molecule has 0 saturated carbocycles. The van der Waals surface area contributed by atoms with Crippen molar-refractivity contribution in [2.24, 2.45) is 0 Å². The maximum atomic E-state index is 11.2. The van der Waals surface area contributed by atoms with Gasteiger partial charge in [0.15, 0.2) is 0 Å². The predicted octanol–water partition coefficient (Wildman–Crippen LogP) is 0.487. The van der Waals surface area contributed by atoms with Gasteiger partial charge in [0.05, 0.1) is 0 Å². The Morgan fingerprint density at radius 1 is 1.36 bits per heavy atom. The monoisotopic (exact) mass is 200 g/mol. The van der Waals surface area contributed by atoms with E-state index >= 15 is 0 Å². The van der Waals surface area contributed by atoms with E-state index in [4.69, 9.17) is 0 Å². The van der Waals surface area contributed by atoms with Gasteiger partial charge in [-0.3, -0.25) is 9.69 Å². The second-order valence-corrected chi connectivity index (χ2v) is 4.22. The highest BCUT2D eigenvalue weighted by Gasteiger charge is 2.38. The lowest BCUT2D eigenvalue weighted by molar-refractivity contribution is -0.152. The number of piperazine rings is 1. The van der Waals surface area contributed by atoms with E-state index in [-0.39, 0.29) is 0 Å². The van der Waals surface area contributed by atoms with E-state index in [9.17, 15) is 9.90 Å². The Kier molecular flexibility index (Phi) is 3.50. The van der Waals surface area contributed by atoms with E-state index < -0.39 is 11.5 Å². The minimum absolute atomic E-state index is 0.659. The Morgan fingerprint density at radius 3 is 2.21 bits per heavy atom. The van der Waals surface area contributed by atoms with E-state index in [1.54, 1.807) is 0 Å². The quantitative estimate of drug-likeness (QED) is 0.720. The van der Waals surface area contributed by atoms with Gasteiger partial charge in [-0.15, -0.1) is 0 Å². The molecule has 14 heavy (non-hydrogen) atoms. The Labute approximate surface area is 85.5 Å². The number of carboxylic acid groups (broad SMARTS) is 1. The first-order chi connectivity index (χ1) is 6.50. The number of hydrogen-bond acceptors (Lipinski definition) is 3. The lowest BCUT2D eigenvalue weighted by Crippen LogP contribution is -2.58. The number of carbonyl (C=O) groups is 1. The third-order valence-electron chi connectivity index (χ3n) is 3.35. The Morgan fingerprint density at radius 2 is 1.86 bits per heavy atom. The molecule has 1 saturated heterocycles. The van der Waals surface area contributed by atoms with Crippen molar-refractivity contribution in [3.05, 3.63) is 0 Å². The second kappa shape index (κ2) is 4.28. The van der Waals surface area contributed by atoms with Gasteiger partial charge in [-0.2, -0.15) is 0 Å². The van der Waals surface area contributed by atoms with Gasteiger partial charge in [0.1, 0.15) is 5.54 Å². The van der Waals surface area contributed by atoms with Crippen molar-refractivity contribution in [1.29, 1.82) is 0 Å². The summed E-state index contributed by atoms with van der Waals surface area (Å²) in [6.07, 6.45) is 0.659. The fourth-order valence-corrected chi connectivity index (χ4v) is 1.81. The highest BCUT2D eigenvalue weighted by atomic mass is 16.4. The number of aliphatic carboxylic acids is 1. The molecular formula is C10H20N2O2. The zero-order chi connectivity index (χ0) is 10.8. The summed E-state index contributed by atoms with van der Waals surface area (Å²) >= 11 is 0. The van der Waals surface area contributed by atoms with Crippen LogP contribution < -0.4 is 0 Å². The number of carboxylic acids is 1. The number of likely N-dealkylation sites (N-methyl/N-ethyl adjacent to an activating group) is 1. The Balaban J connectivity index is 2.66. The van der Waals surface area contributed by atoms with Crippen LogP contribution in [0.1, 0.15) is 20.3 Å². The van der Waals surface area contributed by atoms with Gasteiger partial charge in [-0.25, -0.2) is 0 Å². The third kappa shape index (κ3) is 2.07. The first kappa shape index (κ1) is 11.5. The lowest BCUT2D eigenvalue weighted by Gasteiger charge is -2.42. The Hall–Kier alpha value is -0.610. The lowest BCUT2D eigenvalue weighted by atomic mass is 9.95. The fourth-order valence-electron chi connectivity index (χ4n) is 1.81. The molecule has 0 radical (unpaired) electrons. The van der Waals surface area contributed by atoms with Crippen LogP contribution >= 0.6 is 0 Å². The molecule has 0 unspecified atom stereocenters. The first-order valence-electron chi connectivity index (χ1n) is 5.17. The molecule has 1 heterocycles. The normalized spacial score (nSPS) is 24.5. The van der Waals surface area contributed by atoms with Gasteiger partial charge in [-0.1, -0.05) is 6.92 Å². The molecule has 0 aromatic heterocycles. The highest BCUT2D eigenvalue weighted by molar-refractivity contribution is 5.78. The summed E-state index contributed by atoms with van der Waals surface area (Å²) in [6, 6.07) is 0. The van der Waals surface area contributed by atoms with Gasteiger partial charge in [0, 0.05) is 26.2 Å². The standard InChI is InChI=1S/C10H20N2O2/c1-4-10(2,9(13)14)12-7-5-11(3)6-8-12/h4-8H2,1-3H3,(H,13,14)/t10-/m0/s1. The summed E-state index contributed by atoms with van der Waals surface area (Å²) in [6.45, 7) is 7.39. The van der Waals surface area contributed by atoms with Gasteiger partial charge in [0.2, 0.25) is 0 Å². The molecule has 0 amide bonds. The van der Waals surface area contributed by atoms with Crippen molar-refractivity contribution >= 4 is 5.97 Å². The number of rotatable bonds is 3. The SMILES string of the molecule is CC[C@@](C)(C(=O)O)N1CCN(C)CC1. The van der Waals surface area contributed by atoms with Crippen LogP contribution in [0.2, 0.25) is 0 Å². The van der Waals surface area contributed by atoms with Crippen LogP contribution in [-0.4, -0.2) is 59.6 Å². The molecule has 1 atom stereocenters. The minimum Gasteiger partial charge on any atom is -0.480 e. The topological polar surface area (TPSA) is 43.8 Å². The van der Waals surface area contributed by atoms with Crippen LogP contribution in [0.5, 0.6) is 0 Å². The largest absolute Gasteiger partial charge is 0.480 e. The fraction of sp³-hybridized carbons (Fsp3) is 0.900. The zero-order valence-corrected chi connectivity index (χ0v) is 9.29. The zero-order valence-electron chi connectivity index (χ0n) is 9.29. The maximum Gasteiger partial charge on any atom is 0.323 e. The van der Waals surface area contributed by atoms with E-state index in [0.29, 0.717) is 6.42 Å². The molecule has 0 aromatic rings. The maximum absolute atomic E-state index is 11.2. The second-order valence-electron chi connectivity index (χ2n) is 4.22. The molecule has 82 valence electrons. The van der Waals surface area contributed by atoms with Crippen molar-refractivity contribution in [3.63, 3.8) is 0 Å². The third-order valence-corrected chi connectivity index (χ3v) is 3.35. The van der Waals surface area contributed by atoms with Gasteiger partial charge in [-0.05, 0) is 20.4 Å². The van der Waals surface area contributed by atoms with Crippen molar-refractivity contribution in [2.45, 2.75) is 25.8 Å². The van der Waals surface area contributed by atoms with Crippen LogP contribution in [0.25, 0.3) is 0 Å². The number of hydrogen-bond donors (Lipinski definition) is 1. The van der Waals surface area contributed by atoms with Gasteiger partial charge >= 0.3 is 5.97 Å². The van der Waals surface area contributed by atoms with Gasteiger partial charge in [0.25, 0.3) is 0 Å². The molecule has 4 nitrogen and oxygen atoms in total. The van der Waals surface area contributed by atoms with Crippen LogP contribution in [-0.2, 0) is 4.79 Å². The summed E-state index contributed by atoms with van der Waals surface area (Å²) in [5.74, 6) is -0.704. The van der Waals surface area contributed by atoms with Crippen LogP contribution in [0.15, 0.2) is 0 Å². The molecule has 1 aliphatic rings. The smallest absolute Gasteiger partial charge is 0.323 e. The summed E-state index contributed by atoms with van der Waals surface area (Å²) < 4.78 is 0. The van der Waals surface area contributed by atoms with E-state index in [1.807, 2.05) is 13.8 Å².